The van der Waals surface area contributed by atoms with Crippen LogP contribution in [0.25, 0.3) is 0 Å². The highest BCUT2D eigenvalue weighted by molar-refractivity contribution is 7.90. The van der Waals surface area contributed by atoms with Crippen molar-refractivity contribution in [1.29, 1.82) is 0 Å². The molecule has 0 atom stereocenters. The van der Waals surface area contributed by atoms with Gasteiger partial charge in [0.05, 0.1) is 9.92 Å². The lowest BCUT2D eigenvalue weighted by molar-refractivity contribution is 0.103. The zero-order chi connectivity index (χ0) is 20.1. The molecule has 0 radical (unpaired) electrons. The van der Waals surface area contributed by atoms with Crippen LogP contribution in [0.4, 0.5) is 0 Å². The predicted octanol–water partition coefficient (Wildman–Crippen LogP) is 1.90. The normalized spacial score (nSPS) is 14.7. The van der Waals surface area contributed by atoms with Crippen molar-refractivity contribution in [3.63, 3.8) is 0 Å². The van der Waals surface area contributed by atoms with E-state index in [-0.39, 0.29) is 21.0 Å². The van der Waals surface area contributed by atoms with Gasteiger partial charge in [-0.1, -0.05) is 11.6 Å². The van der Waals surface area contributed by atoms with Crippen LogP contribution < -0.4 is 5.56 Å². The largest absolute Gasteiger partial charge is 0.299 e. The van der Waals surface area contributed by atoms with E-state index >= 15 is 0 Å². The van der Waals surface area contributed by atoms with Crippen molar-refractivity contribution < 1.29 is 13.2 Å². The van der Waals surface area contributed by atoms with Crippen molar-refractivity contribution >= 4 is 27.2 Å². The molecule has 1 aliphatic carbocycles. The van der Waals surface area contributed by atoms with E-state index in [4.69, 9.17) is 11.6 Å². The van der Waals surface area contributed by atoms with Crippen LogP contribution in [0, 0.1) is 6.92 Å². The number of sulfone groups is 1. The molecule has 146 valence electrons. The summed E-state index contributed by atoms with van der Waals surface area (Å²) in [5, 5.41) is 2.87. The summed E-state index contributed by atoms with van der Waals surface area (Å²) in [6.45, 7) is 1.95. The molecule has 1 fully saturated rings. The number of aryl methyl sites for hydroxylation is 2. The molecule has 1 aromatic heterocycles. The van der Waals surface area contributed by atoms with E-state index < -0.39 is 21.2 Å². The Hall–Kier alpha value is -1.90. The van der Waals surface area contributed by atoms with Crippen LogP contribution in [0.15, 0.2) is 21.8 Å². The van der Waals surface area contributed by atoms with Gasteiger partial charge in [-0.05, 0) is 38.9 Å². The van der Waals surface area contributed by atoms with Gasteiger partial charge in [-0.2, -0.15) is 0 Å². The van der Waals surface area contributed by atoms with Crippen molar-refractivity contribution in [2.75, 3.05) is 13.3 Å². The number of carbonyl (C=O) groups excluding carboxylic acids is 1. The number of aromatic amines is 1. The predicted molar refractivity (Wildman–Crippen MR) is 103 cm³/mol. The molecule has 2 aromatic rings. The van der Waals surface area contributed by atoms with Crippen LogP contribution in [0.1, 0.15) is 40.0 Å². The van der Waals surface area contributed by atoms with Gasteiger partial charge in [0.15, 0.2) is 9.84 Å². The fraction of sp³-hybridized carbons (Fsp3) is 0.444. The Balaban J connectivity index is 2.14. The molecule has 7 nitrogen and oxygen atoms in total. The van der Waals surface area contributed by atoms with Crippen LogP contribution in [0.3, 0.4) is 0 Å². The van der Waals surface area contributed by atoms with E-state index in [9.17, 15) is 18.0 Å². The van der Waals surface area contributed by atoms with Gasteiger partial charge in [0.2, 0.25) is 5.78 Å². The van der Waals surface area contributed by atoms with Crippen molar-refractivity contribution in [2.24, 2.45) is 7.05 Å². The molecule has 0 amide bonds. The maximum Gasteiger partial charge on any atom is 0.277 e. The Morgan fingerprint density at radius 2 is 2.00 bits per heavy atom. The van der Waals surface area contributed by atoms with E-state index in [2.05, 4.69) is 5.10 Å². The van der Waals surface area contributed by atoms with Crippen molar-refractivity contribution in [3.05, 3.63) is 49.9 Å². The smallest absolute Gasteiger partial charge is 0.277 e. The van der Waals surface area contributed by atoms with Crippen LogP contribution in [0.5, 0.6) is 0 Å². The second-order valence-corrected chi connectivity index (χ2v) is 9.49. The first-order valence-corrected chi connectivity index (χ1v) is 10.8. The maximum absolute atomic E-state index is 13.0. The number of halogens is 1. The summed E-state index contributed by atoms with van der Waals surface area (Å²) < 4.78 is 25.7. The first-order valence-electron chi connectivity index (χ1n) is 8.54. The second-order valence-electron chi connectivity index (χ2n) is 7.13. The van der Waals surface area contributed by atoms with E-state index in [1.165, 1.54) is 23.9 Å². The van der Waals surface area contributed by atoms with Crippen molar-refractivity contribution in [3.8, 4) is 0 Å². The first kappa shape index (κ1) is 19.9. The Bertz CT molecular complexity index is 1080. The average molecular weight is 412 g/mol. The maximum atomic E-state index is 13.0. The molecule has 1 N–H and O–H groups in total. The molecule has 27 heavy (non-hydrogen) atoms. The molecule has 0 aliphatic heterocycles. The van der Waals surface area contributed by atoms with Crippen molar-refractivity contribution in [1.82, 2.24) is 14.7 Å². The summed E-state index contributed by atoms with van der Waals surface area (Å²) in [7, 11) is -0.0929. The SMILES string of the molecule is Cc1[nH]n(C)c(=O)c1C(=O)c1ccc(S(C)(=O)=O)c(CN(C)C2CC2)c1Cl. The van der Waals surface area contributed by atoms with Gasteiger partial charge in [0, 0.05) is 42.7 Å². The minimum Gasteiger partial charge on any atom is -0.299 e. The summed E-state index contributed by atoms with van der Waals surface area (Å²) >= 11 is 6.51. The molecule has 0 saturated heterocycles. The first-order chi connectivity index (χ1) is 12.5. The van der Waals surface area contributed by atoms with E-state index in [0.29, 0.717) is 23.8 Å². The highest BCUT2D eigenvalue weighted by Gasteiger charge is 2.30. The van der Waals surface area contributed by atoms with Crippen molar-refractivity contribution in [2.45, 2.75) is 37.2 Å². The van der Waals surface area contributed by atoms with Crippen LogP contribution in [-0.2, 0) is 23.4 Å². The highest BCUT2D eigenvalue weighted by Crippen LogP contribution is 2.33. The number of H-pyrrole nitrogens is 1. The molecular weight excluding hydrogens is 390 g/mol. The second kappa shape index (κ2) is 6.92. The fourth-order valence-electron chi connectivity index (χ4n) is 3.26. The van der Waals surface area contributed by atoms with Crippen LogP contribution >= 0.6 is 11.6 Å². The molecule has 9 heteroatoms. The van der Waals surface area contributed by atoms with Gasteiger partial charge >= 0.3 is 0 Å². The summed E-state index contributed by atoms with van der Waals surface area (Å²) in [4.78, 5) is 27.4. The van der Waals surface area contributed by atoms with Gasteiger partial charge in [-0.25, -0.2) is 8.42 Å². The third kappa shape index (κ3) is 3.74. The Kier molecular flexibility index (Phi) is 5.09. The minimum absolute atomic E-state index is 0.00741. The fourth-order valence-corrected chi connectivity index (χ4v) is 4.55. The number of aromatic nitrogens is 2. The third-order valence-electron chi connectivity index (χ3n) is 4.88. The number of hydrogen-bond acceptors (Lipinski definition) is 5. The van der Waals surface area contributed by atoms with Gasteiger partial charge < -0.3 is 0 Å². The lowest BCUT2D eigenvalue weighted by Gasteiger charge is -2.20. The number of benzene rings is 1. The number of ketones is 1. The number of nitrogens with one attached hydrogen (secondary N) is 1. The third-order valence-corrected chi connectivity index (χ3v) is 6.49. The van der Waals surface area contributed by atoms with Crippen LogP contribution in [-0.4, -0.2) is 48.2 Å². The highest BCUT2D eigenvalue weighted by atomic mass is 35.5. The lowest BCUT2D eigenvalue weighted by Crippen LogP contribution is -2.23. The number of hydrogen-bond donors (Lipinski definition) is 1. The average Bonchev–Trinajstić information content (AvgIpc) is 3.36. The van der Waals surface area contributed by atoms with Gasteiger partial charge in [-0.3, -0.25) is 24.3 Å². The molecule has 0 spiro atoms. The van der Waals surface area contributed by atoms with Gasteiger partial charge in [-0.15, -0.1) is 0 Å². The molecule has 0 bridgehead atoms. The lowest BCUT2D eigenvalue weighted by atomic mass is 10.0. The van der Waals surface area contributed by atoms with E-state index in [1.54, 1.807) is 6.92 Å². The molecule has 1 saturated carbocycles. The topological polar surface area (TPSA) is 92.2 Å². The summed E-state index contributed by atoms with van der Waals surface area (Å²) in [6, 6.07) is 3.18. The number of nitrogens with zero attached hydrogens (tertiary/aromatic N) is 2. The summed E-state index contributed by atoms with van der Waals surface area (Å²) in [5.41, 5.74) is 0.519. The van der Waals surface area contributed by atoms with Gasteiger partial charge in [0.1, 0.15) is 5.56 Å². The van der Waals surface area contributed by atoms with Gasteiger partial charge in [0.25, 0.3) is 5.56 Å². The Morgan fingerprint density at radius 1 is 1.37 bits per heavy atom. The molecule has 3 rings (SSSR count). The molecule has 0 unspecified atom stereocenters. The molecule has 1 aromatic carbocycles. The number of rotatable bonds is 6. The van der Waals surface area contributed by atoms with Crippen LogP contribution in [0.2, 0.25) is 5.02 Å². The Morgan fingerprint density at radius 3 is 2.48 bits per heavy atom. The Labute approximate surface area is 162 Å². The summed E-state index contributed by atoms with van der Waals surface area (Å²) in [5.74, 6) is -0.519. The zero-order valence-electron chi connectivity index (χ0n) is 15.7. The van der Waals surface area contributed by atoms with E-state index in [0.717, 1.165) is 19.1 Å². The molecule has 1 aliphatic rings. The molecular formula is C18H22ClN3O4S. The molecule has 1 heterocycles. The number of carbonyl (C=O) groups is 1. The standard InChI is InChI=1S/C18H22ClN3O4S/c1-10-15(18(24)22(3)20-10)17(23)12-7-8-14(27(4,25)26)13(16(12)19)9-21(2)11-5-6-11/h7-8,11,20H,5-6,9H2,1-4H3. The monoisotopic (exact) mass is 411 g/mol. The minimum atomic E-state index is -3.52. The zero-order valence-corrected chi connectivity index (χ0v) is 17.2. The summed E-state index contributed by atoms with van der Waals surface area (Å²) in [6.07, 6.45) is 3.23. The quantitative estimate of drug-likeness (QED) is 0.733. The van der Waals surface area contributed by atoms with E-state index in [1.807, 2.05) is 11.9 Å².